The number of ketones is 2. The van der Waals surface area contributed by atoms with E-state index in [0.29, 0.717) is 0 Å². The van der Waals surface area contributed by atoms with Crippen LogP contribution in [0.15, 0.2) is 0 Å². The maximum Gasteiger partial charge on any atom is 0.306 e. The van der Waals surface area contributed by atoms with Gasteiger partial charge in [-0.1, -0.05) is 13.8 Å². The predicted octanol–water partition coefficient (Wildman–Crippen LogP) is 0.451. The van der Waals surface area contributed by atoms with E-state index in [0.717, 1.165) is 0 Å². The average molecular weight is 229 g/mol. The van der Waals surface area contributed by atoms with Crippen LogP contribution in [0.5, 0.6) is 0 Å². The molecule has 1 atom stereocenters. The van der Waals surface area contributed by atoms with Crippen molar-refractivity contribution in [2.75, 3.05) is 6.54 Å². The maximum atomic E-state index is 11.4. The van der Waals surface area contributed by atoms with Crippen LogP contribution in [-0.4, -0.2) is 30.2 Å². The van der Waals surface area contributed by atoms with Crippen LogP contribution in [0, 0.1) is 5.92 Å². The van der Waals surface area contributed by atoms with Crippen LogP contribution in [-0.2, 0) is 19.1 Å². The second-order valence-electron chi connectivity index (χ2n) is 3.93. The van der Waals surface area contributed by atoms with E-state index in [1.54, 1.807) is 13.8 Å². The molecule has 0 aromatic heterocycles. The smallest absolute Gasteiger partial charge is 0.306 e. The summed E-state index contributed by atoms with van der Waals surface area (Å²) in [6.07, 6.45) is -0.704. The van der Waals surface area contributed by atoms with Gasteiger partial charge in [-0.05, 0) is 6.92 Å². The summed E-state index contributed by atoms with van der Waals surface area (Å²) in [5, 5.41) is 0. The Bertz CT molecular complexity index is 273. The average Bonchev–Trinajstić information content (AvgIpc) is 2.24. The third kappa shape index (κ3) is 5.60. The Morgan fingerprint density at radius 2 is 1.69 bits per heavy atom. The van der Waals surface area contributed by atoms with Crippen molar-refractivity contribution in [2.24, 2.45) is 11.7 Å². The summed E-state index contributed by atoms with van der Waals surface area (Å²) in [5.74, 6) is -1.03. The van der Waals surface area contributed by atoms with Crippen molar-refractivity contribution in [3.63, 3.8) is 0 Å². The topological polar surface area (TPSA) is 86.5 Å². The van der Waals surface area contributed by atoms with Gasteiger partial charge in [-0.2, -0.15) is 0 Å². The molecule has 0 bridgehead atoms. The summed E-state index contributed by atoms with van der Waals surface area (Å²) in [6.45, 7) is 4.94. The Morgan fingerprint density at radius 3 is 2.12 bits per heavy atom. The minimum atomic E-state index is -0.750. The van der Waals surface area contributed by atoms with E-state index in [1.165, 1.54) is 6.92 Å². The zero-order valence-corrected chi connectivity index (χ0v) is 9.99. The van der Waals surface area contributed by atoms with E-state index in [1.807, 2.05) is 0 Å². The number of hydrogen-bond acceptors (Lipinski definition) is 5. The first-order valence-electron chi connectivity index (χ1n) is 5.33. The van der Waals surface area contributed by atoms with Crippen molar-refractivity contribution in [1.82, 2.24) is 0 Å². The molecule has 0 aliphatic carbocycles. The maximum absolute atomic E-state index is 11.4. The SMILES string of the molecule is CC(C)C(=O)C(C)OC(=O)CCC(=O)CN. The van der Waals surface area contributed by atoms with Gasteiger partial charge in [-0.3, -0.25) is 14.4 Å². The van der Waals surface area contributed by atoms with Crippen LogP contribution in [0.3, 0.4) is 0 Å². The van der Waals surface area contributed by atoms with Gasteiger partial charge in [0.15, 0.2) is 11.9 Å². The molecule has 92 valence electrons. The minimum Gasteiger partial charge on any atom is -0.455 e. The first-order chi connectivity index (χ1) is 7.38. The summed E-state index contributed by atoms with van der Waals surface area (Å²) in [5.41, 5.74) is 5.09. The second-order valence-corrected chi connectivity index (χ2v) is 3.93. The van der Waals surface area contributed by atoms with Crippen LogP contribution in [0.4, 0.5) is 0 Å². The Hall–Kier alpha value is -1.23. The molecule has 0 rings (SSSR count). The summed E-state index contributed by atoms with van der Waals surface area (Å²) in [4.78, 5) is 33.5. The molecule has 0 aliphatic rings. The molecule has 0 aliphatic heterocycles. The molecule has 2 N–H and O–H groups in total. The van der Waals surface area contributed by atoms with Gasteiger partial charge in [0.2, 0.25) is 0 Å². The van der Waals surface area contributed by atoms with E-state index < -0.39 is 12.1 Å². The van der Waals surface area contributed by atoms with Crippen molar-refractivity contribution in [3.8, 4) is 0 Å². The fourth-order valence-corrected chi connectivity index (χ4v) is 1.13. The van der Waals surface area contributed by atoms with E-state index >= 15 is 0 Å². The van der Waals surface area contributed by atoms with E-state index in [4.69, 9.17) is 10.5 Å². The van der Waals surface area contributed by atoms with Crippen LogP contribution in [0.1, 0.15) is 33.6 Å². The Labute approximate surface area is 95.3 Å². The largest absolute Gasteiger partial charge is 0.455 e. The zero-order valence-electron chi connectivity index (χ0n) is 9.99. The van der Waals surface area contributed by atoms with E-state index in [2.05, 4.69) is 0 Å². The molecular formula is C11H19NO4. The normalized spacial score (nSPS) is 12.3. The van der Waals surface area contributed by atoms with Gasteiger partial charge < -0.3 is 10.5 Å². The lowest BCUT2D eigenvalue weighted by molar-refractivity contribution is -0.155. The van der Waals surface area contributed by atoms with Crippen molar-refractivity contribution in [2.45, 2.75) is 39.7 Å². The third-order valence-corrected chi connectivity index (χ3v) is 2.11. The number of nitrogens with two attached hydrogens (primary N) is 1. The molecule has 0 spiro atoms. The molecule has 0 amide bonds. The highest BCUT2D eigenvalue weighted by Gasteiger charge is 2.20. The summed E-state index contributed by atoms with van der Waals surface area (Å²) in [6, 6.07) is 0. The molecule has 0 fully saturated rings. The van der Waals surface area contributed by atoms with Gasteiger partial charge in [0.05, 0.1) is 13.0 Å². The molecule has 0 aromatic rings. The van der Waals surface area contributed by atoms with E-state index in [9.17, 15) is 14.4 Å². The standard InChI is InChI=1S/C11H19NO4/c1-7(2)11(15)8(3)16-10(14)5-4-9(13)6-12/h7-8H,4-6,12H2,1-3H3. The van der Waals surface area contributed by atoms with Crippen molar-refractivity contribution in [1.29, 1.82) is 0 Å². The molecule has 0 aromatic carbocycles. The highest BCUT2D eigenvalue weighted by Crippen LogP contribution is 2.05. The monoisotopic (exact) mass is 229 g/mol. The first kappa shape index (κ1) is 14.8. The van der Waals surface area contributed by atoms with Gasteiger partial charge in [-0.15, -0.1) is 0 Å². The molecule has 0 radical (unpaired) electrons. The highest BCUT2D eigenvalue weighted by molar-refractivity contribution is 5.88. The van der Waals surface area contributed by atoms with Crippen molar-refractivity contribution >= 4 is 17.5 Å². The number of ether oxygens (including phenoxy) is 1. The highest BCUT2D eigenvalue weighted by atomic mass is 16.5. The number of rotatable bonds is 7. The van der Waals surface area contributed by atoms with Gasteiger partial charge in [0.25, 0.3) is 0 Å². The fourth-order valence-electron chi connectivity index (χ4n) is 1.13. The third-order valence-electron chi connectivity index (χ3n) is 2.11. The minimum absolute atomic E-state index is 0.0221. The molecule has 0 saturated heterocycles. The lowest BCUT2D eigenvalue weighted by atomic mass is 10.1. The van der Waals surface area contributed by atoms with Crippen molar-refractivity contribution in [3.05, 3.63) is 0 Å². The Morgan fingerprint density at radius 1 is 1.12 bits per heavy atom. The molecule has 1 unspecified atom stereocenters. The number of carbonyl (C=O) groups is 3. The number of esters is 1. The Kier molecular flexibility index (Phi) is 6.56. The number of Topliss-reactive ketones (excluding diaryl/α,β-unsaturated/α-hetero) is 2. The molecule has 0 saturated carbocycles. The lowest BCUT2D eigenvalue weighted by Crippen LogP contribution is -2.28. The fraction of sp³-hybridized carbons (Fsp3) is 0.727. The van der Waals surface area contributed by atoms with Gasteiger partial charge >= 0.3 is 5.97 Å². The molecule has 0 heterocycles. The summed E-state index contributed by atoms with van der Waals surface area (Å²) in [7, 11) is 0. The molecule has 16 heavy (non-hydrogen) atoms. The Balaban J connectivity index is 3.96. The van der Waals surface area contributed by atoms with Crippen molar-refractivity contribution < 1.29 is 19.1 Å². The quantitative estimate of drug-likeness (QED) is 0.640. The first-order valence-corrected chi connectivity index (χ1v) is 5.33. The zero-order chi connectivity index (χ0) is 12.7. The molecule has 5 nitrogen and oxygen atoms in total. The van der Waals surface area contributed by atoms with Gasteiger partial charge in [0.1, 0.15) is 5.78 Å². The molecular weight excluding hydrogens is 210 g/mol. The van der Waals surface area contributed by atoms with Crippen LogP contribution in [0.25, 0.3) is 0 Å². The van der Waals surface area contributed by atoms with Gasteiger partial charge in [-0.25, -0.2) is 0 Å². The second kappa shape index (κ2) is 7.11. The van der Waals surface area contributed by atoms with Crippen LogP contribution >= 0.6 is 0 Å². The number of hydrogen-bond donors (Lipinski definition) is 1. The summed E-state index contributed by atoms with van der Waals surface area (Å²) < 4.78 is 4.89. The van der Waals surface area contributed by atoms with E-state index in [-0.39, 0.29) is 36.9 Å². The van der Waals surface area contributed by atoms with Gasteiger partial charge in [0, 0.05) is 12.3 Å². The van der Waals surface area contributed by atoms with Crippen LogP contribution in [0.2, 0.25) is 0 Å². The predicted molar refractivity (Wildman–Crippen MR) is 58.7 cm³/mol. The summed E-state index contributed by atoms with van der Waals surface area (Å²) >= 11 is 0. The lowest BCUT2D eigenvalue weighted by Gasteiger charge is -2.13. The molecule has 5 heteroatoms. The van der Waals surface area contributed by atoms with Crippen LogP contribution < -0.4 is 5.73 Å². The number of carbonyl (C=O) groups excluding carboxylic acids is 3.